The van der Waals surface area contributed by atoms with Crippen molar-refractivity contribution in [1.29, 1.82) is 10.5 Å². The van der Waals surface area contributed by atoms with Gasteiger partial charge in [-0.2, -0.15) is 10.5 Å². The highest BCUT2D eigenvalue weighted by Crippen LogP contribution is 2.28. The molecule has 6 nitrogen and oxygen atoms in total. The zero-order valence-corrected chi connectivity index (χ0v) is 11.9. The first-order valence-electron chi connectivity index (χ1n) is 5.91. The molecular formula is C13H13ClN4O2. The molecule has 1 rings (SSSR count). The number of aromatic nitrogens is 1. The summed E-state index contributed by atoms with van der Waals surface area (Å²) in [6.07, 6.45) is 0.385. The van der Waals surface area contributed by atoms with Crippen molar-refractivity contribution in [3.63, 3.8) is 0 Å². The van der Waals surface area contributed by atoms with Gasteiger partial charge < -0.3 is 10.0 Å². The van der Waals surface area contributed by atoms with E-state index in [9.17, 15) is 10.1 Å². The molecule has 1 heterocycles. The van der Waals surface area contributed by atoms with Crippen molar-refractivity contribution in [1.82, 2.24) is 4.98 Å². The third-order valence-corrected chi connectivity index (χ3v) is 3.11. The molecule has 7 heteroatoms. The first kappa shape index (κ1) is 15.7. The van der Waals surface area contributed by atoms with Crippen molar-refractivity contribution >= 4 is 23.4 Å². The fourth-order valence-corrected chi connectivity index (χ4v) is 2.06. The average molecular weight is 293 g/mol. The van der Waals surface area contributed by atoms with Crippen LogP contribution in [0.3, 0.4) is 0 Å². The largest absolute Gasteiger partial charge is 0.481 e. The Morgan fingerprint density at radius 3 is 2.45 bits per heavy atom. The van der Waals surface area contributed by atoms with Gasteiger partial charge in [-0.15, -0.1) is 0 Å². The van der Waals surface area contributed by atoms with Crippen LogP contribution in [0.25, 0.3) is 0 Å². The number of carbonyl (C=O) groups is 1. The fraction of sp³-hybridized carbons (Fsp3) is 0.385. The van der Waals surface area contributed by atoms with E-state index < -0.39 is 5.97 Å². The molecule has 0 aromatic carbocycles. The molecule has 104 valence electrons. The number of nitriles is 2. The van der Waals surface area contributed by atoms with Gasteiger partial charge in [0.15, 0.2) is 0 Å². The molecular weight excluding hydrogens is 280 g/mol. The fourth-order valence-electron chi connectivity index (χ4n) is 1.82. The Kier molecular flexibility index (Phi) is 5.31. The maximum absolute atomic E-state index is 10.6. The van der Waals surface area contributed by atoms with Gasteiger partial charge in [0, 0.05) is 13.6 Å². The van der Waals surface area contributed by atoms with E-state index in [0.717, 1.165) is 0 Å². The maximum Gasteiger partial charge on any atom is 0.305 e. The van der Waals surface area contributed by atoms with E-state index in [0.29, 0.717) is 17.8 Å². The number of rotatable bonds is 5. The van der Waals surface area contributed by atoms with Crippen LogP contribution in [0.1, 0.15) is 30.0 Å². The number of carboxylic acids is 1. The van der Waals surface area contributed by atoms with Crippen molar-refractivity contribution in [3.05, 3.63) is 21.8 Å². The van der Waals surface area contributed by atoms with Gasteiger partial charge in [0.05, 0.1) is 17.5 Å². The van der Waals surface area contributed by atoms with Crippen LogP contribution in [0.5, 0.6) is 0 Å². The van der Waals surface area contributed by atoms with Gasteiger partial charge in [0.2, 0.25) is 0 Å². The van der Waals surface area contributed by atoms with Gasteiger partial charge in [-0.1, -0.05) is 18.5 Å². The summed E-state index contributed by atoms with van der Waals surface area (Å²) < 4.78 is 0. The number of nitrogens with zero attached hydrogens (tertiary/aromatic N) is 4. The first-order chi connectivity index (χ1) is 9.46. The summed E-state index contributed by atoms with van der Waals surface area (Å²) in [5.74, 6) is -0.639. The van der Waals surface area contributed by atoms with Crippen molar-refractivity contribution in [2.24, 2.45) is 0 Å². The second kappa shape index (κ2) is 6.74. The highest BCUT2D eigenvalue weighted by molar-refractivity contribution is 6.30. The summed E-state index contributed by atoms with van der Waals surface area (Å²) in [5.41, 5.74) is 0.995. The molecule has 0 fully saturated rings. The Morgan fingerprint density at radius 2 is 2.00 bits per heavy atom. The number of pyridine rings is 1. The van der Waals surface area contributed by atoms with Gasteiger partial charge in [-0.3, -0.25) is 4.79 Å². The Morgan fingerprint density at radius 1 is 1.40 bits per heavy atom. The molecule has 0 atom stereocenters. The zero-order valence-electron chi connectivity index (χ0n) is 11.1. The molecule has 0 bridgehead atoms. The minimum absolute atomic E-state index is 0.0283. The summed E-state index contributed by atoms with van der Waals surface area (Å²) in [6, 6.07) is 3.97. The second-order valence-corrected chi connectivity index (χ2v) is 4.46. The molecule has 0 aliphatic rings. The minimum atomic E-state index is -0.939. The van der Waals surface area contributed by atoms with Crippen LogP contribution in [0.2, 0.25) is 5.15 Å². The summed E-state index contributed by atoms with van der Waals surface area (Å²) in [4.78, 5) is 16.2. The predicted molar refractivity (Wildman–Crippen MR) is 73.6 cm³/mol. The average Bonchev–Trinajstić information content (AvgIpc) is 2.43. The third kappa shape index (κ3) is 3.17. The number of aliphatic carboxylic acids is 1. The van der Waals surface area contributed by atoms with Crippen LogP contribution in [0, 0.1) is 22.7 Å². The topological polar surface area (TPSA) is 101 Å². The van der Waals surface area contributed by atoms with E-state index in [1.807, 2.05) is 19.1 Å². The zero-order chi connectivity index (χ0) is 15.3. The standard InChI is InChI=1S/C13H13ClN4O2/c1-3-8-9(6-15)12(14)17-13(10(8)7-16)18(2)5-4-11(19)20/h3-5H2,1-2H3,(H,19,20). The number of carboxylic acid groups (broad SMARTS) is 1. The molecule has 1 N–H and O–H groups in total. The van der Waals surface area contributed by atoms with Gasteiger partial charge in [-0.25, -0.2) is 4.98 Å². The van der Waals surface area contributed by atoms with E-state index in [1.165, 1.54) is 0 Å². The summed E-state index contributed by atoms with van der Waals surface area (Å²) in [6.45, 7) is 2.01. The van der Waals surface area contributed by atoms with Crippen LogP contribution >= 0.6 is 11.6 Å². The van der Waals surface area contributed by atoms with E-state index in [2.05, 4.69) is 4.98 Å². The normalized spacial score (nSPS) is 9.65. The van der Waals surface area contributed by atoms with Crippen LogP contribution in [0.4, 0.5) is 5.82 Å². The maximum atomic E-state index is 10.6. The van der Waals surface area contributed by atoms with Crippen LogP contribution in [-0.4, -0.2) is 29.7 Å². The number of hydrogen-bond acceptors (Lipinski definition) is 5. The van der Waals surface area contributed by atoms with Gasteiger partial charge in [-0.05, 0) is 12.0 Å². The van der Waals surface area contributed by atoms with Gasteiger partial charge in [0.1, 0.15) is 23.1 Å². The van der Waals surface area contributed by atoms with Crippen molar-refractivity contribution in [2.45, 2.75) is 19.8 Å². The highest BCUT2D eigenvalue weighted by Gasteiger charge is 2.20. The van der Waals surface area contributed by atoms with Crippen molar-refractivity contribution < 1.29 is 9.90 Å². The summed E-state index contributed by atoms with van der Waals surface area (Å²) >= 11 is 5.96. The Hall–Kier alpha value is -2.31. The third-order valence-electron chi connectivity index (χ3n) is 2.84. The summed E-state index contributed by atoms with van der Waals surface area (Å²) in [5, 5.41) is 27.1. The van der Waals surface area contributed by atoms with Crippen LogP contribution in [0.15, 0.2) is 0 Å². The first-order valence-corrected chi connectivity index (χ1v) is 6.29. The molecule has 0 aliphatic carbocycles. The Balaban J connectivity index is 3.34. The van der Waals surface area contributed by atoms with Crippen LogP contribution < -0.4 is 4.90 Å². The SMILES string of the molecule is CCc1c(C#N)c(Cl)nc(N(C)CCC(=O)O)c1C#N. The molecule has 1 aromatic rings. The predicted octanol–water partition coefficient (Wildman–Crippen LogP) is 1.95. The number of anilines is 1. The molecule has 0 amide bonds. The van der Waals surface area contributed by atoms with Crippen LogP contribution in [-0.2, 0) is 11.2 Å². The minimum Gasteiger partial charge on any atom is -0.481 e. The van der Waals surface area contributed by atoms with Gasteiger partial charge >= 0.3 is 5.97 Å². The van der Waals surface area contributed by atoms with Crippen molar-refractivity contribution in [2.75, 3.05) is 18.5 Å². The molecule has 0 saturated carbocycles. The van der Waals surface area contributed by atoms with Crippen molar-refractivity contribution in [3.8, 4) is 12.1 Å². The van der Waals surface area contributed by atoms with Gasteiger partial charge in [0.25, 0.3) is 0 Å². The van der Waals surface area contributed by atoms with E-state index in [4.69, 9.17) is 22.0 Å². The van der Waals surface area contributed by atoms with E-state index >= 15 is 0 Å². The second-order valence-electron chi connectivity index (χ2n) is 4.10. The molecule has 0 saturated heterocycles. The molecule has 20 heavy (non-hydrogen) atoms. The lowest BCUT2D eigenvalue weighted by atomic mass is 10.0. The lowest BCUT2D eigenvalue weighted by molar-refractivity contribution is -0.136. The lowest BCUT2D eigenvalue weighted by Crippen LogP contribution is -2.24. The smallest absolute Gasteiger partial charge is 0.305 e. The molecule has 0 radical (unpaired) electrons. The lowest BCUT2D eigenvalue weighted by Gasteiger charge is -2.20. The highest BCUT2D eigenvalue weighted by atomic mass is 35.5. The monoisotopic (exact) mass is 292 g/mol. The summed E-state index contributed by atoms with van der Waals surface area (Å²) in [7, 11) is 1.63. The molecule has 0 aliphatic heterocycles. The van der Waals surface area contributed by atoms with E-state index in [-0.39, 0.29) is 29.2 Å². The van der Waals surface area contributed by atoms with E-state index in [1.54, 1.807) is 11.9 Å². The number of halogens is 1. The molecule has 0 unspecified atom stereocenters. The Labute approximate surface area is 121 Å². The quantitative estimate of drug-likeness (QED) is 0.832. The molecule has 0 spiro atoms. The number of hydrogen-bond donors (Lipinski definition) is 1. The Bertz CT molecular complexity index is 616. The molecule has 1 aromatic heterocycles.